The van der Waals surface area contributed by atoms with E-state index in [0.29, 0.717) is 18.3 Å². The molecule has 1 amide bonds. The maximum Gasteiger partial charge on any atom is 0.220 e. The molecule has 0 spiro atoms. The van der Waals surface area contributed by atoms with Gasteiger partial charge in [-0.15, -0.1) is 0 Å². The Hall–Kier alpha value is -0.610. The molecule has 3 aliphatic rings. The molecule has 3 aliphatic heterocycles. The second-order valence-corrected chi connectivity index (χ2v) is 6.75. The lowest BCUT2D eigenvalue weighted by Gasteiger charge is -2.36. The first-order valence-electron chi connectivity index (χ1n) is 7.91. The molecule has 19 heavy (non-hydrogen) atoms. The van der Waals surface area contributed by atoms with Crippen LogP contribution in [0.4, 0.5) is 0 Å². The van der Waals surface area contributed by atoms with E-state index in [2.05, 4.69) is 22.6 Å². The van der Waals surface area contributed by atoms with E-state index in [1.165, 1.54) is 25.7 Å². The summed E-state index contributed by atoms with van der Waals surface area (Å²) in [6, 6.07) is 1.55. The number of nitrogens with zero attached hydrogens (tertiary/aromatic N) is 1. The summed E-state index contributed by atoms with van der Waals surface area (Å²) >= 11 is 0. The summed E-state index contributed by atoms with van der Waals surface area (Å²) in [5, 5.41) is 6.50. The molecule has 0 aromatic rings. The van der Waals surface area contributed by atoms with Crippen molar-refractivity contribution in [1.82, 2.24) is 15.5 Å². The fraction of sp³-hybridized carbons (Fsp3) is 0.933. The van der Waals surface area contributed by atoms with E-state index in [4.69, 9.17) is 0 Å². The van der Waals surface area contributed by atoms with Crippen molar-refractivity contribution < 1.29 is 4.79 Å². The van der Waals surface area contributed by atoms with Crippen LogP contribution >= 0.6 is 0 Å². The predicted octanol–water partition coefficient (Wildman–Crippen LogP) is 0.975. The average Bonchev–Trinajstić information content (AvgIpc) is 2.94. The van der Waals surface area contributed by atoms with Gasteiger partial charge in [0, 0.05) is 25.0 Å². The monoisotopic (exact) mass is 265 g/mol. The highest BCUT2D eigenvalue weighted by molar-refractivity contribution is 5.76. The van der Waals surface area contributed by atoms with Gasteiger partial charge in [-0.1, -0.05) is 0 Å². The van der Waals surface area contributed by atoms with Crippen LogP contribution in [-0.4, -0.2) is 49.6 Å². The van der Waals surface area contributed by atoms with Crippen molar-refractivity contribution in [2.75, 3.05) is 26.7 Å². The highest BCUT2D eigenvalue weighted by Crippen LogP contribution is 2.36. The van der Waals surface area contributed by atoms with Gasteiger partial charge < -0.3 is 15.5 Å². The van der Waals surface area contributed by atoms with Gasteiger partial charge in [-0.25, -0.2) is 0 Å². The molecule has 3 fully saturated rings. The van der Waals surface area contributed by atoms with Gasteiger partial charge in [-0.2, -0.15) is 0 Å². The maximum absolute atomic E-state index is 11.9. The molecule has 4 nitrogen and oxygen atoms in total. The molecule has 3 rings (SSSR count). The Balaban J connectivity index is 1.39. The number of hydrogen-bond donors (Lipinski definition) is 2. The third-order valence-electron chi connectivity index (χ3n) is 5.42. The zero-order valence-corrected chi connectivity index (χ0v) is 12.0. The minimum atomic E-state index is 0.264. The van der Waals surface area contributed by atoms with Gasteiger partial charge in [0.05, 0.1) is 0 Å². The van der Waals surface area contributed by atoms with Crippen LogP contribution in [0.5, 0.6) is 0 Å². The van der Waals surface area contributed by atoms with Crippen LogP contribution in [0, 0.1) is 11.8 Å². The summed E-state index contributed by atoms with van der Waals surface area (Å²) in [6.07, 6.45) is 7.15. The Morgan fingerprint density at radius 2 is 1.95 bits per heavy atom. The number of piperidine rings is 1. The van der Waals surface area contributed by atoms with E-state index in [0.717, 1.165) is 38.1 Å². The molecule has 0 aliphatic carbocycles. The van der Waals surface area contributed by atoms with Crippen LogP contribution in [-0.2, 0) is 4.79 Å². The Morgan fingerprint density at radius 1 is 1.21 bits per heavy atom. The number of carbonyl (C=O) groups excluding carboxylic acids is 1. The summed E-state index contributed by atoms with van der Waals surface area (Å²) in [6.45, 7) is 3.00. The Kier molecular flexibility index (Phi) is 4.08. The number of nitrogens with one attached hydrogen (secondary N) is 2. The van der Waals surface area contributed by atoms with Crippen LogP contribution in [0.1, 0.15) is 38.5 Å². The van der Waals surface area contributed by atoms with E-state index >= 15 is 0 Å². The molecule has 0 saturated carbocycles. The Bertz CT molecular complexity index is 313. The van der Waals surface area contributed by atoms with E-state index in [9.17, 15) is 4.79 Å². The normalized spacial score (nSPS) is 38.6. The zero-order valence-electron chi connectivity index (χ0n) is 12.0. The molecule has 3 saturated heterocycles. The first kappa shape index (κ1) is 13.4. The van der Waals surface area contributed by atoms with Crippen molar-refractivity contribution in [1.29, 1.82) is 0 Å². The minimum Gasteiger partial charge on any atom is -0.356 e. The first-order valence-corrected chi connectivity index (χ1v) is 7.91. The fourth-order valence-corrected chi connectivity index (χ4v) is 4.17. The lowest BCUT2D eigenvalue weighted by atomic mass is 9.91. The van der Waals surface area contributed by atoms with Crippen molar-refractivity contribution in [3.8, 4) is 0 Å². The van der Waals surface area contributed by atoms with E-state index in [1.54, 1.807) is 0 Å². The number of hydrogen-bond acceptors (Lipinski definition) is 3. The Labute approximate surface area is 116 Å². The van der Waals surface area contributed by atoms with Gasteiger partial charge in [-0.05, 0) is 64.1 Å². The molecule has 3 atom stereocenters. The number of amides is 1. The van der Waals surface area contributed by atoms with Crippen molar-refractivity contribution >= 4 is 5.91 Å². The fourth-order valence-electron chi connectivity index (χ4n) is 4.17. The summed E-state index contributed by atoms with van der Waals surface area (Å²) in [5.41, 5.74) is 0. The third-order valence-corrected chi connectivity index (χ3v) is 5.42. The van der Waals surface area contributed by atoms with Crippen LogP contribution in [0.3, 0.4) is 0 Å². The highest BCUT2D eigenvalue weighted by Gasteiger charge is 2.38. The summed E-state index contributed by atoms with van der Waals surface area (Å²) in [7, 11) is 2.27. The largest absolute Gasteiger partial charge is 0.356 e. The Morgan fingerprint density at radius 3 is 2.58 bits per heavy atom. The SMILES string of the molecule is CN1C2CCC1CC(CNC(=O)CC1CCNC1)C2. The van der Waals surface area contributed by atoms with E-state index in [1.807, 2.05) is 0 Å². The average molecular weight is 265 g/mol. The van der Waals surface area contributed by atoms with Crippen molar-refractivity contribution in [3.63, 3.8) is 0 Å². The van der Waals surface area contributed by atoms with Crippen molar-refractivity contribution in [3.05, 3.63) is 0 Å². The molecule has 2 N–H and O–H groups in total. The lowest BCUT2D eigenvalue weighted by Crippen LogP contribution is -2.43. The number of rotatable bonds is 4. The molecular weight excluding hydrogens is 238 g/mol. The second kappa shape index (κ2) is 5.80. The van der Waals surface area contributed by atoms with Crippen LogP contribution in [0.25, 0.3) is 0 Å². The predicted molar refractivity (Wildman–Crippen MR) is 75.9 cm³/mol. The molecule has 0 radical (unpaired) electrons. The van der Waals surface area contributed by atoms with Crippen molar-refractivity contribution in [2.45, 2.75) is 50.6 Å². The number of fused-ring (bicyclic) bond motifs is 2. The van der Waals surface area contributed by atoms with Crippen LogP contribution in [0.2, 0.25) is 0 Å². The van der Waals surface area contributed by atoms with E-state index in [-0.39, 0.29) is 5.91 Å². The molecule has 108 valence electrons. The number of carbonyl (C=O) groups is 1. The van der Waals surface area contributed by atoms with Gasteiger partial charge in [0.25, 0.3) is 0 Å². The summed E-state index contributed by atoms with van der Waals surface area (Å²) < 4.78 is 0. The maximum atomic E-state index is 11.9. The lowest BCUT2D eigenvalue weighted by molar-refractivity contribution is -0.122. The molecule has 0 aromatic carbocycles. The topological polar surface area (TPSA) is 44.4 Å². The quantitative estimate of drug-likeness (QED) is 0.796. The molecule has 3 unspecified atom stereocenters. The third kappa shape index (κ3) is 3.11. The van der Waals surface area contributed by atoms with Gasteiger partial charge in [0.15, 0.2) is 0 Å². The zero-order chi connectivity index (χ0) is 13.2. The van der Waals surface area contributed by atoms with Gasteiger partial charge >= 0.3 is 0 Å². The second-order valence-electron chi connectivity index (χ2n) is 6.75. The smallest absolute Gasteiger partial charge is 0.220 e. The molecular formula is C15H27N3O. The van der Waals surface area contributed by atoms with E-state index < -0.39 is 0 Å². The molecule has 4 heteroatoms. The van der Waals surface area contributed by atoms with Gasteiger partial charge in [0.1, 0.15) is 0 Å². The first-order chi connectivity index (χ1) is 9.22. The molecule has 2 bridgehead atoms. The standard InChI is InChI=1S/C15H27N3O/c1-18-13-2-3-14(18)7-12(6-13)10-17-15(19)8-11-4-5-16-9-11/h11-14,16H,2-10H2,1H3,(H,17,19). The molecule has 3 heterocycles. The van der Waals surface area contributed by atoms with Crippen LogP contribution < -0.4 is 10.6 Å². The summed E-state index contributed by atoms with van der Waals surface area (Å²) in [4.78, 5) is 14.5. The van der Waals surface area contributed by atoms with Gasteiger partial charge in [-0.3, -0.25) is 4.79 Å². The summed E-state index contributed by atoms with van der Waals surface area (Å²) in [5.74, 6) is 1.54. The van der Waals surface area contributed by atoms with Crippen LogP contribution in [0.15, 0.2) is 0 Å². The van der Waals surface area contributed by atoms with Gasteiger partial charge in [0.2, 0.25) is 5.91 Å². The minimum absolute atomic E-state index is 0.264. The highest BCUT2D eigenvalue weighted by atomic mass is 16.1. The molecule has 0 aromatic heterocycles. The van der Waals surface area contributed by atoms with Crippen molar-refractivity contribution in [2.24, 2.45) is 11.8 Å².